The third-order valence-electron chi connectivity index (χ3n) is 2.27. The molecule has 0 fully saturated rings. The minimum Gasteiger partial charge on any atom is -0.496 e. The molecule has 1 heterocycles. The number of aliphatic hydroxyl groups excluding tert-OH is 1. The molecule has 0 atom stereocenters. The van der Waals surface area contributed by atoms with Gasteiger partial charge in [0, 0.05) is 12.0 Å². The molecule has 5 heteroatoms. The number of aromatic amines is 1. The highest BCUT2D eigenvalue weighted by atomic mass is 16.5. The molecule has 0 aliphatic heterocycles. The van der Waals surface area contributed by atoms with Gasteiger partial charge in [-0.1, -0.05) is 18.2 Å². The van der Waals surface area contributed by atoms with Crippen molar-refractivity contribution in [2.45, 2.75) is 13.0 Å². The van der Waals surface area contributed by atoms with Crippen molar-refractivity contribution in [3.05, 3.63) is 41.5 Å². The Morgan fingerprint density at radius 2 is 2.19 bits per heavy atom. The van der Waals surface area contributed by atoms with E-state index in [1.54, 1.807) is 7.11 Å². The van der Waals surface area contributed by atoms with Crippen molar-refractivity contribution in [3.63, 3.8) is 0 Å². The summed E-state index contributed by atoms with van der Waals surface area (Å²) in [6, 6.07) is 7.74. The molecule has 0 bridgehead atoms. The number of hydrogen-bond donors (Lipinski definition) is 2. The largest absolute Gasteiger partial charge is 0.496 e. The molecule has 1 aromatic carbocycles. The van der Waals surface area contributed by atoms with Crippen molar-refractivity contribution in [1.29, 1.82) is 0 Å². The van der Waals surface area contributed by atoms with E-state index in [2.05, 4.69) is 15.2 Å². The monoisotopic (exact) mass is 219 g/mol. The quantitative estimate of drug-likeness (QED) is 0.801. The van der Waals surface area contributed by atoms with Gasteiger partial charge in [-0.2, -0.15) is 5.10 Å². The van der Waals surface area contributed by atoms with E-state index in [0.29, 0.717) is 18.1 Å². The number of nitrogens with one attached hydrogen (secondary N) is 1. The number of benzene rings is 1. The van der Waals surface area contributed by atoms with Crippen LogP contribution >= 0.6 is 0 Å². The number of methoxy groups -OCH3 is 1. The Labute approximate surface area is 93.1 Å². The van der Waals surface area contributed by atoms with Crippen LogP contribution in [-0.4, -0.2) is 27.4 Å². The van der Waals surface area contributed by atoms with Crippen LogP contribution in [0.2, 0.25) is 0 Å². The smallest absolute Gasteiger partial charge is 0.176 e. The molecule has 2 rings (SSSR count). The number of nitrogens with zero attached hydrogens (tertiary/aromatic N) is 2. The van der Waals surface area contributed by atoms with Crippen molar-refractivity contribution < 1.29 is 9.84 Å². The fourth-order valence-electron chi connectivity index (χ4n) is 1.51. The number of para-hydroxylation sites is 1. The van der Waals surface area contributed by atoms with E-state index >= 15 is 0 Å². The fourth-order valence-corrected chi connectivity index (χ4v) is 1.51. The number of ether oxygens (including phenoxy) is 1. The first-order valence-electron chi connectivity index (χ1n) is 4.96. The van der Waals surface area contributed by atoms with E-state index in [9.17, 15) is 0 Å². The molecule has 0 aliphatic carbocycles. The molecule has 0 radical (unpaired) electrons. The lowest BCUT2D eigenvalue weighted by Gasteiger charge is -2.05. The normalized spacial score (nSPS) is 10.4. The third-order valence-corrected chi connectivity index (χ3v) is 2.27. The first kappa shape index (κ1) is 10.6. The lowest BCUT2D eigenvalue weighted by atomic mass is 10.1. The second-order valence-electron chi connectivity index (χ2n) is 3.35. The molecule has 2 aromatic rings. The van der Waals surface area contributed by atoms with E-state index < -0.39 is 0 Å². The second-order valence-corrected chi connectivity index (χ2v) is 3.35. The number of rotatable bonds is 4. The van der Waals surface area contributed by atoms with Gasteiger partial charge in [-0.3, -0.25) is 5.10 Å². The van der Waals surface area contributed by atoms with E-state index in [1.807, 2.05) is 24.3 Å². The van der Waals surface area contributed by atoms with Gasteiger partial charge >= 0.3 is 0 Å². The topological polar surface area (TPSA) is 71.0 Å². The Morgan fingerprint density at radius 3 is 2.88 bits per heavy atom. The lowest BCUT2D eigenvalue weighted by molar-refractivity contribution is 0.272. The maximum Gasteiger partial charge on any atom is 0.176 e. The van der Waals surface area contributed by atoms with Crippen LogP contribution in [0.15, 0.2) is 24.3 Å². The summed E-state index contributed by atoms with van der Waals surface area (Å²) in [6.07, 6.45) is 0.608. The Hall–Kier alpha value is -1.88. The molecule has 84 valence electrons. The van der Waals surface area contributed by atoms with E-state index in [0.717, 1.165) is 11.3 Å². The van der Waals surface area contributed by atoms with Gasteiger partial charge in [-0.05, 0) is 6.07 Å². The molecule has 5 nitrogen and oxygen atoms in total. The zero-order chi connectivity index (χ0) is 11.4. The van der Waals surface area contributed by atoms with Gasteiger partial charge in [0.05, 0.1) is 7.11 Å². The zero-order valence-electron chi connectivity index (χ0n) is 8.97. The van der Waals surface area contributed by atoms with Crippen molar-refractivity contribution in [1.82, 2.24) is 15.2 Å². The predicted molar refractivity (Wildman–Crippen MR) is 58.1 cm³/mol. The predicted octanol–water partition coefficient (Wildman–Crippen LogP) is 0.896. The van der Waals surface area contributed by atoms with Crippen molar-refractivity contribution >= 4 is 0 Å². The first-order chi connectivity index (χ1) is 7.83. The summed E-state index contributed by atoms with van der Waals surface area (Å²) in [5.74, 6) is 1.95. The fraction of sp³-hybridized carbons (Fsp3) is 0.273. The van der Waals surface area contributed by atoms with Crippen LogP contribution in [0.3, 0.4) is 0 Å². The van der Waals surface area contributed by atoms with Gasteiger partial charge in [0.25, 0.3) is 0 Å². The van der Waals surface area contributed by atoms with Crippen molar-refractivity contribution in [3.8, 4) is 5.75 Å². The Kier molecular flexibility index (Phi) is 3.16. The number of hydrogen-bond acceptors (Lipinski definition) is 4. The molecule has 1 aromatic heterocycles. The van der Waals surface area contributed by atoms with Gasteiger partial charge in [0.1, 0.15) is 18.2 Å². The molecule has 0 aliphatic rings. The summed E-state index contributed by atoms with van der Waals surface area (Å²) in [5.41, 5.74) is 1.03. The second kappa shape index (κ2) is 4.76. The van der Waals surface area contributed by atoms with Gasteiger partial charge in [0.2, 0.25) is 0 Å². The molecule has 0 saturated carbocycles. The molecule has 0 unspecified atom stereocenters. The number of aliphatic hydroxyl groups is 1. The molecule has 0 spiro atoms. The Bertz CT molecular complexity index is 468. The highest BCUT2D eigenvalue weighted by molar-refractivity contribution is 5.35. The van der Waals surface area contributed by atoms with Gasteiger partial charge in [0.15, 0.2) is 5.82 Å². The minimum atomic E-state index is -0.150. The molecular formula is C11H13N3O2. The summed E-state index contributed by atoms with van der Waals surface area (Å²) >= 11 is 0. The molecule has 2 N–H and O–H groups in total. The van der Waals surface area contributed by atoms with Crippen LogP contribution in [0.5, 0.6) is 5.75 Å². The summed E-state index contributed by atoms with van der Waals surface area (Å²) in [5, 5.41) is 15.5. The van der Waals surface area contributed by atoms with Gasteiger partial charge < -0.3 is 9.84 Å². The average molecular weight is 219 g/mol. The number of aromatic nitrogens is 3. The summed E-state index contributed by atoms with van der Waals surface area (Å²) in [4.78, 5) is 4.13. The highest BCUT2D eigenvalue weighted by Gasteiger charge is 2.06. The van der Waals surface area contributed by atoms with E-state index in [4.69, 9.17) is 9.84 Å². The van der Waals surface area contributed by atoms with Gasteiger partial charge in [-0.25, -0.2) is 4.98 Å². The minimum absolute atomic E-state index is 0.150. The zero-order valence-corrected chi connectivity index (χ0v) is 8.97. The summed E-state index contributed by atoms with van der Waals surface area (Å²) in [7, 11) is 1.64. The van der Waals surface area contributed by atoms with Crippen LogP contribution in [0.25, 0.3) is 0 Å². The average Bonchev–Trinajstić information content (AvgIpc) is 2.77. The van der Waals surface area contributed by atoms with E-state index in [1.165, 1.54) is 0 Å². The van der Waals surface area contributed by atoms with E-state index in [-0.39, 0.29) is 6.61 Å². The Balaban J connectivity index is 2.19. The maximum atomic E-state index is 8.85. The maximum absolute atomic E-state index is 8.85. The van der Waals surface area contributed by atoms with Gasteiger partial charge in [-0.15, -0.1) is 0 Å². The van der Waals surface area contributed by atoms with Crippen LogP contribution in [-0.2, 0) is 13.0 Å². The van der Waals surface area contributed by atoms with Crippen LogP contribution in [0, 0.1) is 0 Å². The third kappa shape index (κ3) is 2.20. The molecule has 0 amide bonds. The SMILES string of the molecule is COc1ccccc1Cc1nc(CO)n[nH]1. The highest BCUT2D eigenvalue weighted by Crippen LogP contribution is 2.19. The standard InChI is InChI=1S/C11H13N3O2/c1-16-9-5-3-2-4-8(9)6-10-12-11(7-15)14-13-10/h2-5,15H,6-7H2,1H3,(H,12,13,14). The molecule has 0 saturated heterocycles. The van der Waals surface area contributed by atoms with Crippen molar-refractivity contribution in [2.24, 2.45) is 0 Å². The number of H-pyrrole nitrogens is 1. The molecular weight excluding hydrogens is 206 g/mol. The summed E-state index contributed by atoms with van der Waals surface area (Å²) < 4.78 is 5.24. The molecule has 16 heavy (non-hydrogen) atoms. The van der Waals surface area contributed by atoms with Crippen LogP contribution < -0.4 is 4.74 Å². The van der Waals surface area contributed by atoms with Crippen LogP contribution in [0.4, 0.5) is 0 Å². The first-order valence-corrected chi connectivity index (χ1v) is 4.96. The lowest BCUT2D eigenvalue weighted by Crippen LogP contribution is -1.95. The van der Waals surface area contributed by atoms with Crippen LogP contribution in [0.1, 0.15) is 17.2 Å². The Morgan fingerprint density at radius 1 is 1.38 bits per heavy atom. The summed E-state index contributed by atoms with van der Waals surface area (Å²) in [6.45, 7) is -0.150. The van der Waals surface area contributed by atoms with Crippen molar-refractivity contribution in [2.75, 3.05) is 7.11 Å².